The summed E-state index contributed by atoms with van der Waals surface area (Å²) >= 11 is 6.00. The van der Waals surface area contributed by atoms with E-state index in [9.17, 15) is 13.5 Å². The van der Waals surface area contributed by atoms with Crippen LogP contribution >= 0.6 is 11.6 Å². The van der Waals surface area contributed by atoms with E-state index in [1.807, 2.05) is 6.92 Å². The summed E-state index contributed by atoms with van der Waals surface area (Å²) in [6.07, 6.45) is 3.91. The Kier molecular flexibility index (Phi) is 3.87. The summed E-state index contributed by atoms with van der Waals surface area (Å²) in [5.74, 6) is 1.38. The van der Waals surface area contributed by atoms with Gasteiger partial charge in [0.05, 0.1) is 18.4 Å². The fraction of sp³-hybridized carbons (Fsp3) is 0.643. The molecule has 3 N–H and O–H groups in total. The molecule has 122 valence electrons. The summed E-state index contributed by atoms with van der Waals surface area (Å²) in [4.78, 5) is 3.80. The van der Waals surface area contributed by atoms with Crippen molar-refractivity contribution >= 4 is 21.6 Å². The number of nitrogens with zero attached hydrogens (tertiary/aromatic N) is 1. The lowest BCUT2D eigenvalue weighted by Crippen LogP contribution is -2.35. The molecule has 1 heterocycles. The zero-order valence-electron chi connectivity index (χ0n) is 12.2. The first-order valence-corrected chi connectivity index (χ1v) is 9.13. The summed E-state index contributed by atoms with van der Waals surface area (Å²) < 4.78 is 28.1. The van der Waals surface area contributed by atoms with E-state index in [4.69, 9.17) is 21.5 Å². The number of aromatic nitrogens is 1. The summed E-state index contributed by atoms with van der Waals surface area (Å²) in [5.41, 5.74) is -0.547. The number of sulfonamides is 1. The van der Waals surface area contributed by atoms with E-state index in [2.05, 4.69) is 4.98 Å². The highest BCUT2D eigenvalue weighted by molar-refractivity contribution is 7.89. The third-order valence-corrected chi connectivity index (χ3v) is 6.09. The van der Waals surface area contributed by atoms with Crippen molar-refractivity contribution in [3.8, 4) is 5.88 Å². The van der Waals surface area contributed by atoms with Crippen LogP contribution in [0.4, 0.5) is 0 Å². The molecule has 2 aliphatic carbocycles. The number of primary sulfonamides is 1. The van der Waals surface area contributed by atoms with Crippen molar-refractivity contribution in [1.82, 2.24) is 4.98 Å². The number of rotatable bonds is 4. The van der Waals surface area contributed by atoms with Gasteiger partial charge < -0.3 is 9.84 Å². The van der Waals surface area contributed by atoms with Gasteiger partial charge in [-0.2, -0.15) is 0 Å². The molecule has 6 nitrogen and oxygen atoms in total. The molecule has 0 aliphatic heterocycles. The molecule has 0 radical (unpaired) electrons. The third kappa shape index (κ3) is 2.95. The number of ether oxygens (including phenoxy) is 1. The Hall–Kier alpha value is -0.890. The Morgan fingerprint density at radius 2 is 2.27 bits per heavy atom. The maximum Gasteiger partial charge on any atom is 0.239 e. The molecule has 22 heavy (non-hydrogen) atoms. The summed E-state index contributed by atoms with van der Waals surface area (Å²) in [7, 11) is -3.82. The van der Waals surface area contributed by atoms with Gasteiger partial charge in [-0.1, -0.05) is 11.6 Å². The van der Waals surface area contributed by atoms with Crippen LogP contribution in [-0.4, -0.2) is 30.7 Å². The van der Waals surface area contributed by atoms with Crippen LogP contribution in [0, 0.1) is 17.8 Å². The molecule has 0 spiro atoms. The highest BCUT2D eigenvalue weighted by Crippen LogP contribution is 2.53. The summed E-state index contributed by atoms with van der Waals surface area (Å²) in [6.45, 7) is 2.37. The fourth-order valence-electron chi connectivity index (χ4n) is 3.73. The topological polar surface area (TPSA) is 103 Å². The van der Waals surface area contributed by atoms with Crippen molar-refractivity contribution in [3.63, 3.8) is 0 Å². The van der Waals surface area contributed by atoms with Gasteiger partial charge in [0.15, 0.2) is 0 Å². The Bertz CT molecular complexity index is 692. The van der Waals surface area contributed by atoms with Gasteiger partial charge in [0.25, 0.3) is 0 Å². The van der Waals surface area contributed by atoms with Gasteiger partial charge in [-0.25, -0.2) is 18.5 Å². The largest absolute Gasteiger partial charge is 0.476 e. The van der Waals surface area contributed by atoms with Gasteiger partial charge >= 0.3 is 0 Å². The van der Waals surface area contributed by atoms with Crippen molar-refractivity contribution in [2.75, 3.05) is 6.61 Å². The van der Waals surface area contributed by atoms with Crippen LogP contribution in [0.5, 0.6) is 5.88 Å². The van der Waals surface area contributed by atoms with Crippen LogP contribution in [-0.2, 0) is 10.0 Å². The predicted molar refractivity (Wildman–Crippen MR) is 81.1 cm³/mol. The number of nitrogens with two attached hydrogens (primary N) is 1. The molecular weight excluding hydrogens is 328 g/mol. The normalized spacial score (nSPS) is 34.1. The second-order valence-corrected chi connectivity index (χ2v) is 8.53. The summed E-state index contributed by atoms with van der Waals surface area (Å²) in [5, 5.41) is 15.3. The van der Waals surface area contributed by atoms with Crippen molar-refractivity contribution in [2.45, 2.75) is 36.7 Å². The molecule has 4 atom stereocenters. The Morgan fingerprint density at radius 1 is 1.55 bits per heavy atom. The first-order chi connectivity index (χ1) is 10.2. The first kappa shape index (κ1) is 16.0. The van der Waals surface area contributed by atoms with E-state index in [-0.39, 0.29) is 15.8 Å². The predicted octanol–water partition coefficient (Wildman–Crippen LogP) is 1.56. The highest BCUT2D eigenvalue weighted by Gasteiger charge is 2.51. The van der Waals surface area contributed by atoms with Gasteiger partial charge in [0.1, 0.15) is 9.92 Å². The van der Waals surface area contributed by atoms with E-state index in [0.717, 1.165) is 25.5 Å². The number of halogens is 1. The SMILES string of the molecule is C[C@@]1(O)C[C@H]2C[C@@H]1C[C@H]2COc1ncc(S(N)(=O)=O)cc1Cl. The standard InChI is InChI=1S/C14H19ClN2O4S/c1-14(18)5-8-2-10(14)3-9(8)7-21-13-12(15)4-11(6-17-13)22(16,19)20/h4,6,8-10,18H,2-3,5,7H2,1H3,(H2,16,19,20)/t8-,9+,10-,14-/m1/s1. The lowest BCUT2D eigenvalue weighted by Gasteiger charge is -2.32. The van der Waals surface area contributed by atoms with Crippen LogP contribution in [0.3, 0.4) is 0 Å². The van der Waals surface area contributed by atoms with Gasteiger partial charge in [0, 0.05) is 0 Å². The van der Waals surface area contributed by atoms with Gasteiger partial charge in [-0.05, 0) is 50.0 Å². The maximum absolute atomic E-state index is 11.2. The minimum Gasteiger partial charge on any atom is -0.476 e. The quantitative estimate of drug-likeness (QED) is 0.861. The highest BCUT2D eigenvalue weighted by atomic mass is 35.5. The average molecular weight is 347 g/mol. The van der Waals surface area contributed by atoms with Gasteiger partial charge in [-0.3, -0.25) is 0 Å². The van der Waals surface area contributed by atoms with Crippen LogP contribution in [0.1, 0.15) is 26.2 Å². The molecule has 2 saturated carbocycles. The molecule has 1 aromatic heterocycles. The van der Waals surface area contributed by atoms with Crippen molar-refractivity contribution in [2.24, 2.45) is 22.9 Å². The molecule has 2 bridgehead atoms. The number of aliphatic hydroxyl groups is 1. The van der Waals surface area contributed by atoms with Crippen LogP contribution in [0.25, 0.3) is 0 Å². The maximum atomic E-state index is 11.2. The lowest BCUT2D eigenvalue weighted by atomic mass is 9.80. The second-order valence-electron chi connectivity index (χ2n) is 6.56. The number of hydrogen-bond donors (Lipinski definition) is 2. The van der Waals surface area contributed by atoms with E-state index < -0.39 is 15.6 Å². The minimum atomic E-state index is -3.82. The minimum absolute atomic E-state index is 0.127. The average Bonchev–Trinajstić information content (AvgIpc) is 2.91. The van der Waals surface area contributed by atoms with E-state index in [1.54, 1.807) is 0 Å². The Balaban J connectivity index is 1.64. The Morgan fingerprint density at radius 3 is 2.77 bits per heavy atom. The number of pyridine rings is 1. The molecule has 2 aliphatic rings. The molecule has 8 heteroatoms. The Labute approximate surface area is 134 Å². The lowest BCUT2D eigenvalue weighted by molar-refractivity contribution is -0.0121. The van der Waals surface area contributed by atoms with Crippen LogP contribution in [0.2, 0.25) is 5.02 Å². The fourth-order valence-corrected chi connectivity index (χ4v) is 4.49. The van der Waals surface area contributed by atoms with Gasteiger partial charge in [0.2, 0.25) is 15.9 Å². The van der Waals surface area contributed by atoms with Crippen molar-refractivity contribution in [1.29, 1.82) is 0 Å². The second kappa shape index (κ2) is 5.33. The number of fused-ring (bicyclic) bond motifs is 2. The number of hydrogen-bond acceptors (Lipinski definition) is 5. The first-order valence-electron chi connectivity index (χ1n) is 7.20. The zero-order valence-corrected chi connectivity index (χ0v) is 13.8. The molecule has 1 aromatic rings. The van der Waals surface area contributed by atoms with Crippen LogP contribution in [0.15, 0.2) is 17.2 Å². The zero-order chi connectivity index (χ0) is 16.1. The summed E-state index contributed by atoms with van der Waals surface area (Å²) in [6, 6.07) is 1.24. The molecule has 0 aromatic carbocycles. The molecular formula is C14H19ClN2O4S. The molecule has 3 rings (SSSR count). The smallest absolute Gasteiger partial charge is 0.239 e. The molecule has 0 unspecified atom stereocenters. The molecule has 0 amide bonds. The van der Waals surface area contributed by atoms with E-state index in [1.165, 1.54) is 6.07 Å². The molecule has 0 saturated heterocycles. The van der Waals surface area contributed by atoms with Crippen molar-refractivity contribution in [3.05, 3.63) is 17.3 Å². The molecule has 2 fully saturated rings. The van der Waals surface area contributed by atoms with E-state index in [0.29, 0.717) is 24.4 Å². The van der Waals surface area contributed by atoms with Crippen LogP contribution < -0.4 is 9.88 Å². The van der Waals surface area contributed by atoms with E-state index >= 15 is 0 Å². The van der Waals surface area contributed by atoms with Gasteiger partial charge in [-0.15, -0.1) is 0 Å². The third-order valence-electron chi connectivity index (χ3n) is 4.94. The van der Waals surface area contributed by atoms with Crippen molar-refractivity contribution < 1.29 is 18.3 Å². The monoisotopic (exact) mass is 346 g/mol.